The number of halogens is 2. The van der Waals surface area contributed by atoms with Crippen LogP contribution < -0.4 is 5.32 Å². The van der Waals surface area contributed by atoms with Crippen molar-refractivity contribution in [1.29, 1.82) is 0 Å². The quantitative estimate of drug-likeness (QED) is 0.858. The SMILES string of the molecule is CC(NC1Cc2ccc(Cl)cc2C1)c1ccc(Cl)cc1. The molecule has 0 heterocycles. The molecule has 104 valence electrons. The average molecular weight is 306 g/mol. The van der Waals surface area contributed by atoms with Crippen molar-refractivity contribution in [1.82, 2.24) is 5.32 Å². The topological polar surface area (TPSA) is 12.0 Å². The van der Waals surface area contributed by atoms with Gasteiger partial charge in [0.1, 0.15) is 0 Å². The molecule has 0 aliphatic heterocycles. The third-order valence-electron chi connectivity index (χ3n) is 3.96. The Hall–Kier alpha value is -1.02. The van der Waals surface area contributed by atoms with E-state index < -0.39 is 0 Å². The minimum atomic E-state index is 0.321. The first-order chi connectivity index (χ1) is 9.61. The van der Waals surface area contributed by atoms with E-state index in [2.05, 4.69) is 36.5 Å². The van der Waals surface area contributed by atoms with Gasteiger partial charge >= 0.3 is 0 Å². The molecular weight excluding hydrogens is 289 g/mol. The summed E-state index contributed by atoms with van der Waals surface area (Å²) < 4.78 is 0. The summed E-state index contributed by atoms with van der Waals surface area (Å²) in [6, 6.07) is 15.1. The standard InChI is InChI=1S/C17H17Cl2N/c1-11(12-2-5-15(18)6-3-12)20-17-9-13-4-7-16(19)8-14(13)10-17/h2-8,11,17,20H,9-10H2,1H3. The summed E-state index contributed by atoms with van der Waals surface area (Å²) in [7, 11) is 0. The van der Waals surface area contributed by atoms with Gasteiger partial charge in [-0.2, -0.15) is 0 Å². The van der Waals surface area contributed by atoms with Crippen LogP contribution in [0, 0.1) is 0 Å². The third-order valence-corrected chi connectivity index (χ3v) is 4.44. The van der Waals surface area contributed by atoms with Gasteiger partial charge in [0, 0.05) is 22.1 Å². The Morgan fingerprint density at radius 1 is 0.950 bits per heavy atom. The predicted molar refractivity (Wildman–Crippen MR) is 85.7 cm³/mol. The largest absolute Gasteiger partial charge is 0.307 e. The lowest BCUT2D eigenvalue weighted by Gasteiger charge is -2.19. The van der Waals surface area contributed by atoms with Gasteiger partial charge in [-0.05, 0) is 60.7 Å². The highest BCUT2D eigenvalue weighted by Crippen LogP contribution is 2.27. The molecule has 0 saturated carbocycles. The van der Waals surface area contributed by atoms with Crippen molar-refractivity contribution in [2.45, 2.75) is 31.8 Å². The van der Waals surface area contributed by atoms with Crippen molar-refractivity contribution in [3.8, 4) is 0 Å². The smallest absolute Gasteiger partial charge is 0.0408 e. The molecule has 3 rings (SSSR count). The van der Waals surface area contributed by atoms with E-state index >= 15 is 0 Å². The van der Waals surface area contributed by atoms with Gasteiger partial charge in [-0.25, -0.2) is 0 Å². The molecule has 1 aliphatic carbocycles. The lowest BCUT2D eigenvalue weighted by molar-refractivity contribution is 0.467. The number of hydrogen-bond donors (Lipinski definition) is 1. The molecule has 3 heteroatoms. The second-order valence-electron chi connectivity index (χ2n) is 5.46. The molecule has 2 atom stereocenters. The van der Waals surface area contributed by atoms with Crippen LogP contribution in [0.5, 0.6) is 0 Å². The maximum absolute atomic E-state index is 6.05. The van der Waals surface area contributed by atoms with E-state index in [0.29, 0.717) is 12.1 Å². The molecule has 1 nitrogen and oxygen atoms in total. The Bertz CT molecular complexity index is 607. The summed E-state index contributed by atoms with van der Waals surface area (Å²) in [5.41, 5.74) is 4.05. The normalized spacial score (nSPS) is 18.9. The number of hydrogen-bond acceptors (Lipinski definition) is 1. The Kier molecular flexibility index (Phi) is 4.02. The molecule has 0 bridgehead atoms. The lowest BCUT2D eigenvalue weighted by atomic mass is 10.1. The minimum absolute atomic E-state index is 0.321. The molecule has 2 unspecified atom stereocenters. The maximum atomic E-state index is 6.05. The van der Waals surface area contributed by atoms with E-state index in [-0.39, 0.29) is 0 Å². The highest BCUT2D eigenvalue weighted by molar-refractivity contribution is 6.30. The van der Waals surface area contributed by atoms with Gasteiger partial charge < -0.3 is 5.32 Å². The van der Waals surface area contributed by atoms with Gasteiger partial charge in [0.2, 0.25) is 0 Å². The minimum Gasteiger partial charge on any atom is -0.307 e. The molecule has 0 spiro atoms. The van der Waals surface area contributed by atoms with Crippen LogP contribution in [0.15, 0.2) is 42.5 Å². The van der Waals surface area contributed by atoms with Crippen molar-refractivity contribution in [2.75, 3.05) is 0 Å². The molecular formula is C17H17Cl2N. The van der Waals surface area contributed by atoms with Crippen LogP contribution in [-0.4, -0.2) is 6.04 Å². The van der Waals surface area contributed by atoms with Crippen LogP contribution in [0.4, 0.5) is 0 Å². The van der Waals surface area contributed by atoms with E-state index in [1.807, 2.05) is 18.2 Å². The van der Waals surface area contributed by atoms with Gasteiger partial charge in [0.05, 0.1) is 0 Å². The predicted octanol–water partition coefficient (Wildman–Crippen LogP) is 4.81. The number of fused-ring (bicyclic) bond motifs is 1. The van der Waals surface area contributed by atoms with Gasteiger partial charge in [0.25, 0.3) is 0 Å². The second kappa shape index (κ2) is 5.77. The van der Waals surface area contributed by atoms with Gasteiger partial charge in [-0.3, -0.25) is 0 Å². The van der Waals surface area contributed by atoms with Crippen LogP contribution in [0.2, 0.25) is 10.0 Å². The molecule has 2 aromatic rings. The van der Waals surface area contributed by atoms with Gasteiger partial charge in [-0.15, -0.1) is 0 Å². The first kappa shape index (κ1) is 13.9. The van der Waals surface area contributed by atoms with E-state index in [4.69, 9.17) is 23.2 Å². The summed E-state index contributed by atoms with van der Waals surface area (Å²) in [5.74, 6) is 0. The van der Waals surface area contributed by atoms with Gasteiger partial charge in [-0.1, -0.05) is 41.4 Å². The molecule has 0 fully saturated rings. The molecule has 0 saturated heterocycles. The molecule has 1 aliphatic rings. The Balaban J connectivity index is 1.67. The average Bonchev–Trinajstić information content (AvgIpc) is 2.80. The number of nitrogens with one attached hydrogen (secondary N) is 1. The fourth-order valence-electron chi connectivity index (χ4n) is 2.91. The highest BCUT2D eigenvalue weighted by atomic mass is 35.5. The van der Waals surface area contributed by atoms with E-state index in [1.165, 1.54) is 16.7 Å². The first-order valence-corrected chi connectivity index (χ1v) is 7.66. The summed E-state index contributed by atoms with van der Waals surface area (Å²) >= 11 is 12.0. The van der Waals surface area contributed by atoms with Crippen LogP contribution in [0.1, 0.15) is 29.7 Å². The van der Waals surface area contributed by atoms with Crippen molar-refractivity contribution in [3.05, 3.63) is 69.2 Å². The van der Waals surface area contributed by atoms with Crippen LogP contribution >= 0.6 is 23.2 Å². The molecule has 0 amide bonds. The van der Waals surface area contributed by atoms with Crippen molar-refractivity contribution in [2.24, 2.45) is 0 Å². The fraction of sp³-hybridized carbons (Fsp3) is 0.294. The van der Waals surface area contributed by atoms with E-state index in [9.17, 15) is 0 Å². The van der Waals surface area contributed by atoms with Crippen LogP contribution in [0.3, 0.4) is 0 Å². The van der Waals surface area contributed by atoms with Crippen LogP contribution in [-0.2, 0) is 12.8 Å². The summed E-state index contributed by atoms with van der Waals surface area (Å²) in [6.07, 6.45) is 2.12. The number of benzene rings is 2. The van der Waals surface area contributed by atoms with E-state index in [0.717, 1.165) is 22.9 Å². The zero-order chi connectivity index (χ0) is 14.1. The fourth-order valence-corrected chi connectivity index (χ4v) is 3.23. The first-order valence-electron chi connectivity index (χ1n) is 6.90. The van der Waals surface area contributed by atoms with Crippen molar-refractivity contribution in [3.63, 3.8) is 0 Å². The molecule has 0 radical (unpaired) electrons. The van der Waals surface area contributed by atoms with Gasteiger partial charge in [0.15, 0.2) is 0 Å². The summed E-state index contributed by atoms with van der Waals surface area (Å²) in [5, 5.41) is 5.30. The Morgan fingerprint density at radius 2 is 1.60 bits per heavy atom. The highest BCUT2D eigenvalue weighted by Gasteiger charge is 2.23. The molecule has 2 aromatic carbocycles. The summed E-state index contributed by atoms with van der Waals surface area (Å²) in [4.78, 5) is 0. The zero-order valence-electron chi connectivity index (χ0n) is 11.4. The molecule has 0 aromatic heterocycles. The maximum Gasteiger partial charge on any atom is 0.0408 e. The second-order valence-corrected chi connectivity index (χ2v) is 6.33. The third kappa shape index (κ3) is 3.01. The van der Waals surface area contributed by atoms with Crippen molar-refractivity contribution < 1.29 is 0 Å². The molecule has 1 N–H and O–H groups in total. The Morgan fingerprint density at radius 3 is 2.35 bits per heavy atom. The Labute approximate surface area is 129 Å². The molecule has 20 heavy (non-hydrogen) atoms. The zero-order valence-corrected chi connectivity index (χ0v) is 12.9. The lowest BCUT2D eigenvalue weighted by Crippen LogP contribution is -2.32. The van der Waals surface area contributed by atoms with Crippen LogP contribution in [0.25, 0.3) is 0 Å². The van der Waals surface area contributed by atoms with E-state index in [1.54, 1.807) is 0 Å². The summed E-state index contributed by atoms with van der Waals surface area (Å²) in [6.45, 7) is 2.19. The number of rotatable bonds is 3. The van der Waals surface area contributed by atoms with Crippen molar-refractivity contribution >= 4 is 23.2 Å². The monoisotopic (exact) mass is 305 g/mol.